The molecule has 8 rings (SSSR count). The van der Waals surface area contributed by atoms with Crippen LogP contribution in [-0.4, -0.2) is 96.3 Å². The third kappa shape index (κ3) is 8.60. The highest BCUT2D eigenvalue weighted by molar-refractivity contribution is 7.91. The van der Waals surface area contributed by atoms with Gasteiger partial charge in [0, 0.05) is 48.3 Å². The number of aromatic nitrogens is 2. The van der Waals surface area contributed by atoms with Crippen molar-refractivity contribution in [3.8, 4) is 28.0 Å². The van der Waals surface area contributed by atoms with Gasteiger partial charge in [-0.05, 0) is 74.3 Å². The summed E-state index contributed by atoms with van der Waals surface area (Å²) < 4.78 is 45.8. The molecule has 4 amide bonds. The highest BCUT2D eigenvalue weighted by Gasteiger charge is 2.62. The Morgan fingerprint density at radius 1 is 1.03 bits per heavy atom. The van der Waals surface area contributed by atoms with E-state index in [2.05, 4.69) is 23.9 Å². The summed E-state index contributed by atoms with van der Waals surface area (Å²) in [5.74, 6) is 0.384. The maximum absolute atomic E-state index is 14.8. The first-order chi connectivity index (χ1) is 28.4. The van der Waals surface area contributed by atoms with E-state index in [1.165, 1.54) is 16.2 Å². The molecule has 2 N–H and O–H groups in total. The summed E-state index contributed by atoms with van der Waals surface area (Å²) in [6.45, 7) is 5.01. The van der Waals surface area contributed by atoms with Gasteiger partial charge >= 0.3 is 6.03 Å². The highest BCUT2D eigenvalue weighted by atomic mass is 32.2. The van der Waals surface area contributed by atoms with Crippen LogP contribution in [-0.2, 0) is 26.2 Å². The molecule has 4 heterocycles. The largest absolute Gasteiger partial charge is 0.497 e. The van der Waals surface area contributed by atoms with E-state index in [9.17, 15) is 22.8 Å². The number of urea groups is 1. The van der Waals surface area contributed by atoms with Gasteiger partial charge in [0.05, 0.1) is 37.2 Å². The Kier molecular flexibility index (Phi) is 11.3. The standard InChI is InChI=1S/C43H50N6O8S2/c1-26(2)36-25-58-40(45-36)35-21-38(33-17-14-30(56-4)19-34(33)44-35)57-31-20-37-39(50)46-43(41(51)47-59(53,54)32-15-16-32)22-28(43)9-7-5-6-8-18-48(42(52)49(37)24-31)23-27-10-12-29(55-3)13-11-27/h7,9-14,17,19,21,25-26,28,31-32,37H,5-6,8,15-16,18,20,22-24H2,1-4H3,(H,46,50)(H,47,51)/b9-7-. The van der Waals surface area contributed by atoms with Gasteiger partial charge in [-0.2, -0.15) is 0 Å². The van der Waals surface area contributed by atoms with Crippen LogP contribution in [0.1, 0.15) is 76.0 Å². The smallest absolute Gasteiger partial charge is 0.321 e. The van der Waals surface area contributed by atoms with Crippen molar-refractivity contribution in [1.29, 1.82) is 0 Å². The van der Waals surface area contributed by atoms with E-state index in [-0.39, 0.29) is 31.3 Å². The molecule has 3 fully saturated rings. The number of methoxy groups -OCH3 is 2. The number of nitrogens with zero attached hydrogens (tertiary/aromatic N) is 4. The second-order valence-electron chi connectivity index (χ2n) is 16.2. The first-order valence-electron chi connectivity index (χ1n) is 20.2. The van der Waals surface area contributed by atoms with Gasteiger partial charge in [-0.3, -0.25) is 14.3 Å². The number of hydrogen-bond acceptors (Lipinski definition) is 11. The molecular weight excluding hydrogens is 793 g/mol. The Morgan fingerprint density at radius 3 is 2.51 bits per heavy atom. The normalized spacial score (nSPS) is 24.2. The molecule has 4 unspecified atom stereocenters. The average molecular weight is 843 g/mol. The molecule has 4 atom stereocenters. The summed E-state index contributed by atoms with van der Waals surface area (Å²) in [5, 5.41) is 5.83. The molecule has 0 bridgehead atoms. The Bertz CT molecular complexity index is 2380. The molecule has 2 aromatic heterocycles. The molecule has 2 aliphatic heterocycles. The quantitative estimate of drug-likeness (QED) is 0.167. The van der Waals surface area contributed by atoms with Crippen LogP contribution in [0.2, 0.25) is 0 Å². The molecule has 1 saturated heterocycles. The van der Waals surface area contributed by atoms with Crippen molar-refractivity contribution in [3.05, 3.63) is 77.3 Å². The van der Waals surface area contributed by atoms with Gasteiger partial charge in [0.1, 0.15) is 45.6 Å². The predicted molar refractivity (Wildman–Crippen MR) is 224 cm³/mol. The summed E-state index contributed by atoms with van der Waals surface area (Å²) in [4.78, 5) is 56.3. The molecule has 4 aliphatic rings. The van der Waals surface area contributed by atoms with Crippen molar-refractivity contribution >= 4 is 50.1 Å². The summed E-state index contributed by atoms with van der Waals surface area (Å²) in [7, 11) is -0.684. The molecule has 0 radical (unpaired) electrons. The number of thiazole rings is 1. The fourth-order valence-electron chi connectivity index (χ4n) is 7.87. The minimum absolute atomic E-state index is 0.0820. The number of rotatable bonds is 11. The lowest BCUT2D eigenvalue weighted by Gasteiger charge is -2.32. The van der Waals surface area contributed by atoms with Crippen molar-refractivity contribution in [2.45, 2.75) is 94.2 Å². The van der Waals surface area contributed by atoms with Crippen LogP contribution in [0.25, 0.3) is 21.6 Å². The third-order valence-corrected chi connectivity index (χ3v) is 14.3. The molecule has 2 saturated carbocycles. The lowest BCUT2D eigenvalue weighted by molar-refractivity contribution is -0.131. The topological polar surface area (TPSA) is 169 Å². The second kappa shape index (κ2) is 16.4. The number of amides is 4. The summed E-state index contributed by atoms with van der Waals surface area (Å²) in [6, 6.07) is 13.6. The van der Waals surface area contributed by atoms with Gasteiger partial charge in [0.25, 0.3) is 5.91 Å². The SMILES string of the molecule is COc1ccc(CN2CCCC/C=C\C3CC3(C(=O)NS(=O)(=O)C3CC3)NC(=O)C3CC(Oc4cc(-c5nc(C(C)C)cs5)nc5cc(OC)ccc45)CN3C2=O)cc1. The molecule has 0 spiro atoms. The number of ether oxygens (including phenoxy) is 3. The zero-order chi connectivity index (χ0) is 41.5. The van der Waals surface area contributed by atoms with Gasteiger partial charge in [-0.15, -0.1) is 11.3 Å². The minimum Gasteiger partial charge on any atom is -0.497 e. The van der Waals surface area contributed by atoms with Crippen LogP contribution >= 0.6 is 11.3 Å². The van der Waals surface area contributed by atoms with Crippen LogP contribution in [0, 0.1) is 5.92 Å². The Morgan fingerprint density at radius 2 is 1.80 bits per heavy atom. The Labute approximate surface area is 348 Å². The monoisotopic (exact) mass is 842 g/mol. The van der Waals surface area contributed by atoms with Gasteiger partial charge in [0.15, 0.2) is 0 Å². The van der Waals surface area contributed by atoms with E-state index in [4.69, 9.17) is 24.2 Å². The first-order valence-corrected chi connectivity index (χ1v) is 22.6. The van der Waals surface area contributed by atoms with E-state index in [1.54, 1.807) is 19.1 Å². The summed E-state index contributed by atoms with van der Waals surface area (Å²) in [5.41, 5.74) is 1.65. The van der Waals surface area contributed by atoms with Crippen molar-refractivity contribution in [1.82, 2.24) is 29.8 Å². The van der Waals surface area contributed by atoms with Crippen LogP contribution in [0.4, 0.5) is 4.79 Å². The average Bonchev–Trinajstić information content (AvgIpc) is 4.10. The lowest BCUT2D eigenvalue weighted by Crippen LogP contribution is -2.57. The van der Waals surface area contributed by atoms with Crippen molar-refractivity contribution in [3.63, 3.8) is 0 Å². The minimum atomic E-state index is -3.88. The molecule has 312 valence electrons. The Balaban J connectivity index is 1.13. The molecule has 14 nitrogen and oxygen atoms in total. The van der Waals surface area contributed by atoms with Crippen molar-refractivity contribution in [2.75, 3.05) is 27.3 Å². The predicted octanol–water partition coefficient (Wildman–Crippen LogP) is 6.17. The number of carbonyl (C=O) groups excluding carboxylic acids is 3. The molecular formula is C43H50N6O8S2. The van der Waals surface area contributed by atoms with E-state index in [0.717, 1.165) is 28.1 Å². The Hall–Kier alpha value is -5.22. The van der Waals surface area contributed by atoms with Crippen molar-refractivity contribution < 1.29 is 37.0 Å². The zero-order valence-electron chi connectivity index (χ0n) is 33.7. The number of nitrogens with one attached hydrogen (secondary N) is 2. The number of allylic oxidation sites excluding steroid dienone is 1. The number of fused-ring (bicyclic) bond motifs is 3. The van der Waals surface area contributed by atoms with E-state index >= 15 is 0 Å². The van der Waals surface area contributed by atoms with Gasteiger partial charge in [-0.1, -0.05) is 38.1 Å². The molecule has 16 heteroatoms. The fourth-order valence-corrected chi connectivity index (χ4v) is 10.2. The summed E-state index contributed by atoms with van der Waals surface area (Å²) in [6.07, 6.45) is 6.78. The van der Waals surface area contributed by atoms with Crippen molar-refractivity contribution in [2.24, 2.45) is 5.92 Å². The van der Waals surface area contributed by atoms with Gasteiger partial charge < -0.3 is 29.3 Å². The van der Waals surface area contributed by atoms with Crippen LogP contribution in [0.5, 0.6) is 17.2 Å². The van der Waals surface area contributed by atoms with E-state index in [0.29, 0.717) is 67.2 Å². The molecule has 4 aromatic rings. The van der Waals surface area contributed by atoms with Crippen LogP contribution in [0.15, 0.2) is 66.1 Å². The maximum atomic E-state index is 14.8. The number of benzene rings is 2. The lowest BCUT2D eigenvalue weighted by atomic mass is 10.1. The molecule has 59 heavy (non-hydrogen) atoms. The van der Waals surface area contributed by atoms with Crippen LogP contribution in [0.3, 0.4) is 0 Å². The second-order valence-corrected chi connectivity index (χ2v) is 19.0. The third-order valence-electron chi connectivity index (χ3n) is 11.6. The molecule has 2 aromatic carbocycles. The van der Waals surface area contributed by atoms with E-state index < -0.39 is 50.7 Å². The number of carbonyl (C=O) groups is 3. The number of pyridine rings is 1. The maximum Gasteiger partial charge on any atom is 0.321 e. The van der Waals surface area contributed by atoms with E-state index in [1.807, 2.05) is 66.1 Å². The highest BCUT2D eigenvalue weighted by Crippen LogP contribution is 2.46. The zero-order valence-corrected chi connectivity index (χ0v) is 35.3. The number of hydrogen-bond donors (Lipinski definition) is 2. The summed E-state index contributed by atoms with van der Waals surface area (Å²) >= 11 is 1.50. The van der Waals surface area contributed by atoms with Gasteiger partial charge in [0.2, 0.25) is 15.9 Å². The molecule has 2 aliphatic carbocycles. The number of sulfonamides is 1. The van der Waals surface area contributed by atoms with Crippen LogP contribution < -0.4 is 24.2 Å². The first kappa shape index (κ1) is 40.6. The fraction of sp³-hybridized carbons (Fsp3) is 0.465. The van der Waals surface area contributed by atoms with Gasteiger partial charge in [-0.25, -0.2) is 23.2 Å².